The van der Waals surface area contributed by atoms with Gasteiger partial charge in [0.1, 0.15) is 11.4 Å². The van der Waals surface area contributed by atoms with Crippen LogP contribution in [0.5, 0.6) is 0 Å². The van der Waals surface area contributed by atoms with Gasteiger partial charge in [0.25, 0.3) is 0 Å². The van der Waals surface area contributed by atoms with Gasteiger partial charge < -0.3 is 15.8 Å². The Morgan fingerprint density at radius 1 is 1.33 bits per heavy atom. The van der Waals surface area contributed by atoms with Gasteiger partial charge in [-0.25, -0.2) is 9.78 Å². The van der Waals surface area contributed by atoms with Gasteiger partial charge in [-0.05, 0) is 24.5 Å². The topological polar surface area (TPSA) is 77.2 Å². The number of hydrogen-bond donors (Lipinski definition) is 2. The van der Waals surface area contributed by atoms with E-state index in [0.29, 0.717) is 17.1 Å². The number of anilines is 2. The summed E-state index contributed by atoms with van der Waals surface area (Å²) in [6, 6.07) is 11.8. The molecule has 2 aromatic rings. The average Bonchev–Trinajstić information content (AvgIpc) is 2.53. The first-order chi connectivity index (χ1) is 10.2. The van der Waals surface area contributed by atoms with Crippen molar-refractivity contribution in [2.24, 2.45) is 0 Å². The number of rotatable bonds is 6. The van der Waals surface area contributed by atoms with E-state index in [1.165, 1.54) is 18.9 Å². The number of pyridine rings is 1. The molecule has 5 nitrogen and oxygen atoms in total. The van der Waals surface area contributed by atoms with Crippen molar-refractivity contribution in [3.8, 4) is 0 Å². The number of methoxy groups -OCH3 is 1. The lowest BCUT2D eigenvalue weighted by molar-refractivity contribution is 0.0601. The van der Waals surface area contributed by atoms with Crippen molar-refractivity contribution in [3.05, 3.63) is 53.7 Å². The maximum atomic E-state index is 11.7. The van der Waals surface area contributed by atoms with Crippen LogP contribution in [0.25, 0.3) is 0 Å². The Hall–Kier alpha value is -2.56. The van der Waals surface area contributed by atoms with Gasteiger partial charge in [0, 0.05) is 6.54 Å². The summed E-state index contributed by atoms with van der Waals surface area (Å²) in [7, 11) is 1.34. The Morgan fingerprint density at radius 3 is 2.81 bits per heavy atom. The van der Waals surface area contributed by atoms with Crippen molar-refractivity contribution in [1.82, 2.24) is 4.98 Å². The predicted octanol–water partition coefficient (Wildman–Crippen LogP) is 2.50. The monoisotopic (exact) mass is 285 g/mol. The second kappa shape index (κ2) is 7.28. The highest BCUT2D eigenvalue weighted by Gasteiger charge is 2.13. The number of aryl methyl sites for hydroxylation is 1. The highest BCUT2D eigenvalue weighted by molar-refractivity contribution is 5.95. The van der Waals surface area contributed by atoms with Crippen molar-refractivity contribution in [2.75, 3.05) is 24.7 Å². The number of esters is 1. The highest BCUT2D eigenvalue weighted by atomic mass is 16.5. The van der Waals surface area contributed by atoms with Gasteiger partial charge in [-0.2, -0.15) is 0 Å². The van der Waals surface area contributed by atoms with E-state index in [-0.39, 0.29) is 0 Å². The lowest BCUT2D eigenvalue weighted by Crippen LogP contribution is -2.12. The molecule has 0 aliphatic carbocycles. The van der Waals surface area contributed by atoms with Gasteiger partial charge in [0.05, 0.1) is 19.0 Å². The first-order valence-corrected chi connectivity index (χ1v) is 6.82. The lowest BCUT2D eigenvalue weighted by atomic mass is 10.1. The summed E-state index contributed by atoms with van der Waals surface area (Å²) in [5, 5.41) is 3.16. The molecule has 0 aliphatic rings. The Bertz CT molecular complexity index is 600. The van der Waals surface area contributed by atoms with Gasteiger partial charge in [0.2, 0.25) is 0 Å². The van der Waals surface area contributed by atoms with Crippen LogP contribution in [0.4, 0.5) is 11.5 Å². The summed E-state index contributed by atoms with van der Waals surface area (Å²) < 4.78 is 4.73. The molecule has 3 N–H and O–H groups in total. The Kier molecular flexibility index (Phi) is 5.15. The minimum atomic E-state index is -0.444. The smallest absolute Gasteiger partial charge is 0.341 e. The van der Waals surface area contributed by atoms with Gasteiger partial charge in [0.15, 0.2) is 0 Å². The fourth-order valence-electron chi connectivity index (χ4n) is 2.03. The zero-order valence-electron chi connectivity index (χ0n) is 12.0. The molecule has 0 atom stereocenters. The largest absolute Gasteiger partial charge is 0.465 e. The van der Waals surface area contributed by atoms with Gasteiger partial charge in [-0.3, -0.25) is 0 Å². The zero-order valence-corrected chi connectivity index (χ0v) is 12.0. The number of nitrogens with one attached hydrogen (secondary N) is 1. The van der Waals surface area contributed by atoms with Crippen molar-refractivity contribution in [1.29, 1.82) is 0 Å². The SMILES string of the molecule is COC(=O)c1cc(N)cnc1NCCCc1ccccc1. The van der Waals surface area contributed by atoms with Crippen LogP contribution in [0.3, 0.4) is 0 Å². The molecule has 0 amide bonds. The highest BCUT2D eigenvalue weighted by Crippen LogP contribution is 2.16. The van der Waals surface area contributed by atoms with E-state index in [9.17, 15) is 4.79 Å². The van der Waals surface area contributed by atoms with E-state index < -0.39 is 5.97 Å². The summed E-state index contributed by atoms with van der Waals surface area (Å²) in [4.78, 5) is 15.8. The van der Waals surface area contributed by atoms with E-state index >= 15 is 0 Å². The fourth-order valence-corrected chi connectivity index (χ4v) is 2.03. The predicted molar refractivity (Wildman–Crippen MR) is 83.2 cm³/mol. The van der Waals surface area contributed by atoms with Crippen molar-refractivity contribution < 1.29 is 9.53 Å². The Balaban J connectivity index is 1.92. The van der Waals surface area contributed by atoms with Crippen LogP contribution in [-0.4, -0.2) is 24.6 Å². The number of carbonyl (C=O) groups excluding carboxylic acids is 1. The van der Waals surface area contributed by atoms with Crippen LogP contribution < -0.4 is 11.1 Å². The molecule has 0 bridgehead atoms. The third-order valence-electron chi connectivity index (χ3n) is 3.09. The summed E-state index contributed by atoms with van der Waals surface area (Å²) in [5.74, 6) is 0.0597. The molecule has 2 rings (SSSR count). The first-order valence-electron chi connectivity index (χ1n) is 6.82. The number of nitrogens with two attached hydrogens (primary N) is 1. The van der Waals surface area contributed by atoms with Crippen molar-refractivity contribution in [3.63, 3.8) is 0 Å². The van der Waals surface area contributed by atoms with E-state index in [1.807, 2.05) is 18.2 Å². The molecule has 0 spiro atoms. The molecule has 1 aromatic carbocycles. The lowest BCUT2D eigenvalue weighted by Gasteiger charge is -2.10. The number of carbonyl (C=O) groups is 1. The maximum absolute atomic E-state index is 11.7. The van der Waals surface area contributed by atoms with Crippen LogP contribution >= 0.6 is 0 Å². The summed E-state index contributed by atoms with van der Waals surface area (Å²) in [5.41, 5.74) is 7.74. The zero-order chi connectivity index (χ0) is 15.1. The average molecular weight is 285 g/mol. The van der Waals surface area contributed by atoms with Gasteiger partial charge in [-0.15, -0.1) is 0 Å². The molecule has 21 heavy (non-hydrogen) atoms. The standard InChI is InChI=1S/C16H19N3O2/c1-21-16(20)14-10-13(17)11-19-15(14)18-9-5-8-12-6-3-2-4-7-12/h2-4,6-7,10-11H,5,8-9,17H2,1H3,(H,18,19). The van der Waals surface area contributed by atoms with Gasteiger partial charge >= 0.3 is 5.97 Å². The maximum Gasteiger partial charge on any atom is 0.341 e. The quantitative estimate of drug-likeness (QED) is 0.630. The third kappa shape index (κ3) is 4.21. The first kappa shape index (κ1) is 14.8. The molecule has 0 saturated carbocycles. The molecule has 110 valence electrons. The molecule has 0 fully saturated rings. The van der Waals surface area contributed by atoms with Crippen LogP contribution in [0.15, 0.2) is 42.6 Å². The number of benzene rings is 1. The van der Waals surface area contributed by atoms with Crippen LogP contribution in [0.2, 0.25) is 0 Å². The van der Waals surface area contributed by atoms with E-state index in [1.54, 1.807) is 6.07 Å². The van der Waals surface area contributed by atoms with Crippen LogP contribution in [0, 0.1) is 0 Å². The fraction of sp³-hybridized carbons (Fsp3) is 0.250. The number of hydrogen-bond acceptors (Lipinski definition) is 5. The Labute approximate surface area is 124 Å². The second-order valence-electron chi connectivity index (χ2n) is 4.67. The number of aromatic nitrogens is 1. The number of ether oxygens (including phenoxy) is 1. The molecular weight excluding hydrogens is 266 g/mol. The van der Waals surface area contributed by atoms with Crippen molar-refractivity contribution >= 4 is 17.5 Å². The molecule has 1 aromatic heterocycles. The van der Waals surface area contributed by atoms with Gasteiger partial charge in [-0.1, -0.05) is 30.3 Å². The molecule has 1 heterocycles. The molecule has 0 unspecified atom stereocenters. The number of nitrogens with zero attached hydrogens (tertiary/aromatic N) is 1. The van der Waals surface area contributed by atoms with Crippen LogP contribution in [-0.2, 0) is 11.2 Å². The molecule has 0 saturated heterocycles. The minimum absolute atomic E-state index is 0.359. The summed E-state index contributed by atoms with van der Waals surface area (Å²) in [6.45, 7) is 0.718. The third-order valence-corrected chi connectivity index (χ3v) is 3.09. The van der Waals surface area contributed by atoms with Crippen molar-refractivity contribution in [2.45, 2.75) is 12.8 Å². The van der Waals surface area contributed by atoms with E-state index in [2.05, 4.69) is 22.4 Å². The van der Waals surface area contributed by atoms with E-state index in [0.717, 1.165) is 19.4 Å². The van der Waals surface area contributed by atoms with Crippen LogP contribution in [0.1, 0.15) is 22.3 Å². The Morgan fingerprint density at radius 2 is 2.10 bits per heavy atom. The second-order valence-corrected chi connectivity index (χ2v) is 4.67. The molecule has 0 radical (unpaired) electrons. The van der Waals surface area contributed by atoms with E-state index in [4.69, 9.17) is 10.5 Å². The normalized spacial score (nSPS) is 10.1. The molecule has 0 aliphatic heterocycles. The summed E-state index contributed by atoms with van der Waals surface area (Å²) >= 11 is 0. The molecular formula is C16H19N3O2. The number of nitrogen functional groups attached to an aromatic ring is 1. The molecule has 5 heteroatoms. The minimum Gasteiger partial charge on any atom is -0.465 e. The summed E-state index contributed by atoms with van der Waals surface area (Å²) in [6.07, 6.45) is 3.43.